The third kappa shape index (κ3) is 4.07. The molecule has 1 amide bonds. The smallest absolute Gasteiger partial charge is 0.273 e. The second kappa shape index (κ2) is 6.67. The molecule has 0 radical (unpaired) electrons. The number of anilines is 2. The molecule has 0 aliphatic carbocycles. The molecule has 126 valence electrons. The van der Waals surface area contributed by atoms with Crippen LogP contribution in [0.15, 0.2) is 47.4 Å². The highest BCUT2D eigenvalue weighted by Crippen LogP contribution is 2.24. The summed E-state index contributed by atoms with van der Waals surface area (Å²) in [5.74, 6) is -0.240. The third-order valence-electron chi connectivity index (χ3n) is 3.15. The number of aryl methyl sites for hydroxylation is 1. The minimum atomic E-state index is -3.96. The Bertz CT molecular complexity index is 892. The van der Waals surface area contributed by atoms with Crippen molar-refractivity contribution in [3.63, 3.8) is 0 Å². The molecule has 0 spiro atoms. The highest BCUT2D eigenvalue weighted by molar-refractivity contribution is 7.92. The van der Waals surface area contributed by atoms with Crippen molar-refractivity contribution < 1.29 is 18.1 Å². The summed E-state index contributed by atoms with van der Waals surface area (Å²) >= 11 is 0. The number of carbonyl (C=O) groups is 1. The van der Waals surface area contributed by atoms with E-state index in [2.05, 4.69) is 10.0 Å². The molecule has 0 bridgehead atoms. The van der Waals surface area contributed by atoms with Gasteiger partial charge in [0.25, 0.3) is 15.7 Å². The Labute approximate surface area is 138 Å². The van der Waals surface area contributed by atoms with Crippen LogP contribution in [-0.2, 0) is 14.8 Å². The van der Waals surface area contributed by atoms with Crippen molar-refractivity contribution in [2.75, 3.05) is 10.0 Å². The average molecular weight is 349 g/mol. The van der Waals surface area contributed by atoms with Crippen LogP contribution in [0.2, 0.25) is 0 Å². The summed E-state index contributed by atoms with van der Waals surface area (Å²) in [4.78, 5) is 21.1. The Morgan fingerprint density at radius 1 is 1.08 bits per heavy atom. The maximum absolute atomic E-state index is 12.3. The molecule has 9 heteroatoms. The summed E-state index contributed by atoms with van der Waals surface area (Å²) in [5, 5.41) is 13.5. The topological polar surface area (TPSA) is 118 Å². The maximum Gasteiger partial charge on any atom is 0.273 e. The summed E-state index contributed by atoms with van der Waals surface area (Å²) in [6.07, 6.45) is 0. The molecule has 24 heavy (non-hydrogen) atoms. The lowest BCUT2D eigenvalue weighted by Crippen LogP contribution is -2.13. The monoisotopic (exact) mass is 349 g/mol. The van der Waals surface area contributed by atoms with E-state index in [9.17, 15) is 23.3 Å². The Hall–Kier alpha value is -2.94. The van der Waals surface area contributed by atoms with E-state index in [4.69, 9.17) is 0 Å². The molecule has 0 aromatic heterocycles. The molecule has 8 nitrogen and oxygen atoms in total. The molecule has 0 saturated heterocycles. The van der Waals surface area contributed by atoms with Crippen molar-refractivity contribution in [1.29, 1.82) is 0 Å². The van der Waals surface area contributed by atoms with Crippen molar-refractivity contribution in [1.82, 2.24) is 0 Å². The number of nitro groups is 1. The van der Waals surface area contributed by atoms with Gasteiger partial charge in [0.2, 0.25) is 5.91 Å². The normalized spacial score (nSPS) is 10.9. The van der Waals surface area contributed by atoms with Crippen LogP contribution < -0.4 is 10.0 Å². The first-order valence-electron chi connectivity index (χ1n) is 6.84. The summed E-state index contributed by atoms with van der Waals surface area (Å²) in [6.45, 7) is 2.89. The zero-order valence-corrected chi connectivity index (χ0v) is 13.8. The summed E-state index contributed by atoms with van der Waals surface area (Å²) in [5.41, 5.74) is 0.904. The number of sulfonamides is 1. The predicted molar refractivity (Wildman–Crippen MR) is 89.4 cm³/mol. The van der Waals surface area contributed by atoms with Gasteiger partial charge in [-0.3, -0.25) is 19.6 Å². The summed E-state index contributed by atoms with van der Waals surface area (Å²) in [6, 6.07) is 9.73. The number of nitrogens with zero attached hydrogens (tertiary/aromatic N) is 1. The third-order valence-corrected chi connectivity index (χ3v) is 4.52. The van der Waals surface area contributed by atoms with E-state index in [0.29, 0.717) is 11.3 Å². The van der Waals surface area contributed by atoms with Crippen LogP contribution in [-0.4, -0.2) is 19.2 Å². The highest BCUT2D eigenvalue weighted by Gasteiger charge is 2.19. The van der Waals surface area contributed by atoms with Gasteiger partial charge in [-0.2, -0.15) is 0 Å². The SMILES string of the molecule is CC(=O)Nc1ccc(NS(=O)(=O)c2ccc(C)c([N+](=O)[O-])c2)cc1. The van der Waals surface area contributed by atoms with Crippen LogP contribution >= 0.6 is 0 Å². The Kier molecular flexibility index (Phi) is 4.84. The van der Waals surface area contributed by atoms with Gasteiger partial charge in [0.05, 0.1) is 9.82 Å². The fourth-order valence-electron chi connectivity index (χ4n) is 1.99. The second-order valence-electron chi connectivity index (χ2n) is 5.07. The van der Waals surface area contributed by atoms with E-state index in [1.54, 1.807) is 0 Å². The first-order valence-corrected chi connectivity index (χ1v) is 8.33. The number of nitro benzene ring substituents is 1. The van der Waals surface area contributed by atoms with Crippen LogP contribution in [0.4, 0.5) is 17.1 Å². The van der Waals surface area contributed by atoms with Crippen molar-refractivity contribution in [3.8, 4) is 0 Å². The van der Waals surface area contributed by atoms with Crippen molar-refractivity contribution >= 4 is 33.0 Å². The molecule has 2 aromatic rings. The molecule has 2 rings (SSSR count). The van der Waals surface area contributed by atoms with Crippen LogP contribution in [0.1, 0.15) is 12.5 Å². The molecule has 0 atom stereocenters. The molecular formula is C15H15N3O5S. The average Bonchev–Trinajstić information content (AvgIpc) is 2.48. The van der Waals surface area contributed by atoms with E-state index in [-0.39, 0.29) is 22.2 Å². The second-order valence-corrected chi connectivity index (χ2v) is 6.75. The number of carbonyl (C=O) groups excluding carboxylic acids is 1. The zero-order valence-electron chi connectivity index (χ0n) is 12.9. The summed E-state index contributed by atoms with van der Waals surface area (Å²) in [7, 11) is -3.96. The molecule has 0 unspecified atom stereocenters. The number of nitrogens with one attached hydrogen (secondary N) is 2. The fourth-order valence-corrected chi connectivity index (χ4v) is 3.07. The number of amides is 1. The number of hydrogen-bond donors (Lipinski definition) is 2. The quantitative estimate of drug-likeness (QED) is 0.635. The lowest BCUT2D eigenvalue weighted by atomic mass is 10.2. The van der Waals surface area contributed by atoms with Gasteiger partial charge in [-0.15, -0.1) is 0 Å². The van der Waals surface area contributed by atoms with E-state index < -0.39 is 14.9 Å². The molecule has 0 heterocycles. The Morgan fingerprint density at radius 2 is 1.67 bits per heavy atom. The molecule has 2 aromatic carbocycles. The Balaban J connectivity index is 2.27. The van der Waals surface area contributed by atoms with E-state index >= 15 is 0 Å². The van der Waals surface area contributed by atoms with E-state index in [0.717, 1.165) is 6.07 Å². The van der Waals surface area contributed by atoms with Gasteiger partial charge in [0.1, 0.15) is 0 Å². The van der Waals surface area contributed by atoms with Gasteiger partial charge in [-0.1, -0.05) is 6.07 Å². The molecule has 0 fully saturated rings. The highest BCUT2D eigenvalue weighted by atomic mass is 32.2. The first-order chi connectivity index (χ1) is 11.2. The number of hydrogen-bond acceptors (Lipinski definition) is 5. The van der Waals surface area contributed by atoms with Crippen LogP contribution in [0, 0.1) is 17.0 Å². The minimum absolute atomic E-state index is 0.203. The number of rotatable bonds is 5. The van der Waals surface area contributed by atoms with Crippen molar-refractivity contribution in [3.05, 3.63) is 58.1 Å². The van der Waals surface area contributed by atoms with E-state index in [1.807, 2.05) is 0 Å². The molecule has 0 saturated carbocycles. The van der Waals surface area contributed by atoms with Gasteiger partial charge >= 0.3 is 0 Å². The predicted octanol–water partition coefficient (Wildman–Crippen LogP) is 2.66. The fraction of sp³-hybridized carbons (Fsp3) is 0.133. The van der Waals surface area contributed by atoms with Gasteiger partial charge in [-0.05, 0) is 37.3 Å². The first kappa shape index (κ1) is 17.4. The van der Waals surface area contributed by atoms with Gasteiger partial charge in [0.15, 0.2) is 0 Å². The van der Waals surface area contributed by atoms with Gasteiger partial charge < -0.3 is 5.32 Å². The summed E-state index contributed by atoms with van der Waals surface area (Å²) < 4.78 is 27.0. The van der Waals surface area contributed by atoms with Crippen LogP contribution in [0.25, 0.3) is 0 Å². The van der Waals surface area contributed by atoms with Crippen molar-refractivity contribution in [2.24, 2.45) is 0 Å². The minimum Gasteiger partial charge on any atom is -0.326 e. The van der Waals surface area contributed by atoms with Gasteiger partial charge in [-0.25, -0.2) is 8.42 Å². The molecule has 0 aliphatic rings. The van der Waals surface area contributed by atoms with Crippen LogP contribution in [0.3, 0.4) is 0 Å². The molecule has 0 aliphatic heterocycles. The lowest BCUT2D eigenvalue weighted by Gasteiger charge is -2.09. The van der Waals surface area contributed by atoms with Crippen molar-refractivity contribution in [2.45, 2.75) is 18.7 Å². The zero-order chi connectivity index (χ0) is 17.9. The molecular weight excluding hydrogens is 334 g/mol. The van der Waals surface area contributed by atoms with Gasteiger partial charge in [0, 0.05) is 29.9 Å². The molecule has 2 N–H and O–H groups in total. The standard InChI is InChI=1S/C15H15N3O5S/c1-10-3-8-14(9-15(10)18(20)21)24(22,23)17-13-6-4-12(5-7-13)16-11(2)19/h3-9,17H,1-2H3,(H,16,19). The number of benzene rings is 2. The Morgan fingerprint density at radius 3 is 2.21 bits per heavy atom. The van der Waals surface area contributed by atoms with E-state index in [1.165, 1.54) is 50.2 Å². The largest absolute Gasteiger partial charge is 0.326 e. The lowest BCUT2D eigenvalue weighted by molar-refractivity contribution is -0.385. The van der Waals surface area contributed by atoms with Crippen LogP contribution in [0.5, 0.6) is 0 Å². The maximum atomic E-state index is 12.3.